The first-order chi connectivity index (χ1) is 9.27. The third-order valence-electron chi connectivity index (χ3n) is 5.20. The second-order valence-electron chi connectivity index (χ2n) is 6.48. The molecule has 0 bridgehead atoms. The molecule has 2 heterocycles. The highest BCUT2D eigenvalue weighted by Crippen LogP contribution is 2.45. The Bertz CT molecular complexity index is 320. The zero-order chi connectivity index (χ0) is 13.1. The first-order valence-electron chi connectivity index (χ1n) is 7.85. The Hall–Kier alpha value is -0.610. The molecule has 1 spiro atoms. The van der Waals surface area contributed by atoms with Gasteiger partial charge in [0, 0.05) is 39.1 Å². The van der Waals surface area contributed by atoms with Gasteiger partial charge in [-0.05, 0) is 24.7 Å². The number of nitrogens with zero attached hydrogens (tertiary/aromatic N) is 2. The second-order valence-corrected chi connectivity index (χ2v) is 6.48. The van der Waals surface area contributed by atoms with E-state index in [9.17, 15) is 4.79 Å². The average Bonchev–Trinajstić information content (AvgIpc) is 3.08. The Morgan fingerprint density at radius 2 is 1.79 bits per heavy atom. The summed E-state index contributed by atoms with van der Waals surface area (Å²) in [7, 11) is 0. The van der Waals surface area contributed by atoms with Crippen LogP contribution >= 0.6 is 0 Å². The normalized spacial score (nSPS) is 27.3. The Balaban J connectivity index is 1.43. The fraction of sp³-hybridized carbons (Fsp3) is 0.933. The van der Waals surface area contributed by atoms with E-state index in [0.717, 1.165) is 45.9 Å². The molecule has 0 aromatic rings. The van der Waals surface area contributed by atoms with Gasteiger partial charge >= 0.3 is 0 Å². The van der Waals surface area contributed by atoms with Crippen molar-refractivity contribution >= 4 is 5.91 Å². The highest BCUT2D eigenvalue weighted by atomic mass is 16.5. The van der Waals surface area contributed by atoms with E-state index >= 15 is 0 Å². The van der Waals surface area contributed by atoms with Crippen molar-refractivity contribution in [1.29, 1.82) is 0 Å². The van der Waals surface area contributed by atoms with Gasteiger partial charge in [0.2, 0.25) is 5.91 Å². The maximum Gasteiger partial charge on any atom is 0.223 e. The molecule has 0 aromatic heterocycles. The Morgan fingerprint density at radius 3 is 2.53 bits per heavy atom. The lowest BCUT2D eigenvalue weighted by Crippen LogP contribution is -2.39. The smallest absolute Gasteiger partial charge is 0.223 e. The molecule has 3 rings (SSSR count). The van der Waals surface area contributed by atoms with E-state index in [1.807, 2.05) is 0 Å². The summed E-state index contributed by atoms with van der Waals surface area (Å²) < 4.78 is 5.33. The second kappa shape index (κ2) is 5.80. The molecule has 0 unspecified atom stereocenters. The minimum Gasteiger partial charge on any atom is -0.379 e. The molecular weight excluding hydrogens is 240 g/mol. The lowest BCUT2D eigenvalue weighted by Gasteiger charge is -2.27. The fourth-order valence-corrected chi connectivity index (χ4v) is 3.92. The summed E-state index contributed by atoms with van der Waals surface area (Å²) in [5.74, 6) is 0.371. The topological polar surface area (TPSA) is 32.8 Å². The van der Waals surface area contributed by atoms with E-state index < -0.39 is 0 Å². The Morgan fingerprint density at radius 1 is 1.05 bits per heavy atom. The van der Waals surface area contributed by atoms with Crippen molar-refractivity contribution in [3.8, 4) is 0 Å². The van der Waals surface area contributed by atoms with Gasteiger partial charge in [0.1, 0.15) is 0 Å². The number of ether oxygens (including phenoxy) is 1. The van der Waals surface area contributed by atoms with Crippen LogP contribution in [0.15, 0.2) is 0 Å². The van der Waals surface area contributed by atoms with Crippen molar-refractivity contribution in [3.63, 3.8) is 0 Å². The van der Waals surface area contributed by atoms with Gasteiger partial charge in [-0.15, -0.1) is 0 Å². The number of likely N-dealkylation sites (tertiary alicyclic amines) is 1. The van der Waals surface area contributed by atoms with Crippen molar-refractivity contribution in [2.45, 2.75) is 38.5 Å². The largest absolute Gasteiger partial charge is 0.379 e. The number of morpholine rings is 1. The molecular formula is C15H26N2O2. The third kappa shape index (κ3) is 3.11. The summed E-state index contributed by atoms with van der Waals surface area (Å²) >= 11 is 0. The summed E-state index contributed by atoms with van der Waals surface area (Å²) in [6.07, 6.45) is 7.37. The van der Waals surface area contributed by atoms with Crippen LogP contribution in [0.3, 0.4) is 0 Å². The van der Waals surface area contributed by atoms with Crippen molar-refractivity contribution in [3.05, 3.63) is 0 Å². The minimum absolute atomic E-state index is 0.371. The van der Waals surface area contributed by atoms with Crippen molar-refractivity contribution in [2.75, 3.05) is 45.9 Å². The predicted octanol–water partition coefficient (Wildman–Crippen LogP) is 1.50. The minimum atomic E-state index is 0.371. The lowest BCUT2D eigenvalue weighted by molar-refractivity contribution is -0.131. The van der Waals surface area contributed by atoms with Crippen molar-refractivity contribution < 1.29 is 9.53 Å². The number of amides is 1. The van der Waals surface area contributed by atoms with Crippen LogP contribution in [0.5, 0.6) is 0 Å². The van der Waals surface area contributed by atoms with Gasteiger partial charge in [0.25, 0.3) is 0 Å². The Labute approximate surface area is 116 Å². The molecule has 0 radical (unpaired) electrons. The molecule has 3 aliphatic rings. The molecule has 1 aliphatic carbocycles. The summed E-state index contributed by atoms with van der Waals surface area (Å²) in [4.78, 5) is 16.8. The van der Waals surface area contributed by atoms with Crippen LogP contribution in [-0.4, -0.2) is 61.6 Å². The molecule has 2 saturated heterocycles. The molecule has 1 amide bonds. The highest BCUT2D eigenvalue weighted by molar-refractivity contribution is 5.76. The van der Waals surface area contributed by atoms with Gasteiger partial charge in [-0.3, -0.25) is 9.69 Å². The molecule has 19 heavy (non-hydrogen) atoms. The monoisotopic (exact) mass is 266 g/mol. The highest BCUT2D eigenvalue weighted by Gasteiger charge is 2.41. The summed E-state index contributed by atoms with van der Waals surface area (Å²) in [6.45, 7) is 6.55. The molecule has 0 aromatic carbocycles. The van der Waals surface area contributed by atoms with Crippen LogP contribution < -0.4 is 0 Å². The van der Waals surface area contributed by atoms with Crippen LogP contribution in [-0.2, 0) is 9.53 Å². The summed E-state index contributed by atoms with van der Waals surface area (Å²) in [5, 5.41) is 0. The fourth-order valence-electron chi connectivity index (χ4n) is 3.92. The molecule has 3 fully saturated rings. The quantitative estimate of drug-likeness (QED) is 0.776. The SMILES string of the molecule is O=C(CCN1CCOCC1)N1CCC2(CCCC2)C1. The average molecular weight is 266 g/mol. The van der Waals surface area contributed by atoms with Gasteiger partial charge in [-0.25, -0.2) is 0 Å². The third-order valence-corrected chi connectivity index (χ3v) is 5.20. The maximum atomic E-state index is 12.3. The number of rotatable bonds is 3. The van der Waals surface area contributed by atoms with E-state index in [1.54, 1.807) is 0 Å². The standard InChI is InChI=1S/C15H26N2O2/c18-14(3-7-16-9-11-19-12-10-16)17-8-6-15(13-17)4-1-2-5-15/h1-13H2. The molecule has 2 aliphatic heterocycles. The lowest BCUT2D eigenvalue weighted by atomic mass is 9.86. The van der Waals surface area contributed by atoms with Gasteiger partial charge < -0.3 is 9.64 Å². The van der Waals surface area contributed by atoms with Crippen LogP contribution in [0, 0.1) is 5.41 Å². The van der Waals surface area contributed by atoms with Gasteiger partial charge in [0.15, 0.2) is 0 Å². The predicted molar refractivity (Wildman–Crippen MR) is 74.0 cm³/mol. The van der Waals surface area contributed by atoms with Crippen LogP contribution in [0.4, 0.5) is 0 Å². The maximum absolute atomic E-state index is 12.3. The van der Waals surface area contributed by atoms with Crippen molar-refractivity contribution in [1.82, 2.24) is 9.80 Å². The first-order valence-corrected chi connectivity index (χ1v) is 7.85. The Kier molecular flexibility index (Phi) is 4.08. The number of hydrogen-bond acceptors (Lipinski definition) is 3. The van der Waals surface area contributed by atoms with E-state index in [1.165, 1.54) is 32.1 Å². The molecule has 4 heteroatoms. The van der Waals surface area contributed by atoms with E-state index in [0.29, 0.717) is 17.7 Å². The van der Waals surface area contributed by atoms with Gasteiger partial charge in [-0.2, -0.15) is 0 Å². The van der Waals surface area contributed by atoms with Gasteiger partial charge in [0.05, 0.1) is 13.2 Å². The van der Waals surface area contributed by atoms with E-state index in [-0.39, 0.29) is 0 Å². The van der Waals surface area contributed by atoms with Crippen LogP contribution in [0.1, 0.15) is 38.5 Å². The van der Waals surface area contributed by atoms with Crippen LogP contribution in [0.2, 0.25) is 0 Å². The first kappa shape index (κ1) is 13.4. The number of hydrogen-bond donors (Lipinski definition) is 0. The zero-order valence-corrected chi connectivity index (χ0v) is 11.9. The van der Waals surface area contributed by atoms with E-state index in [2.05, 4.69) is 9.80 Å². The number of carbonyl (C=O) groups is 1. The molecule has 1 saturated carbocycles. The van der Waals surface area contributed by atoms with Crippen molar-refractivity contribution in [2.24, 2.45) is 5.41 Å². The number of carbonyl (C=O) groups excluding carboxylic acids is 1. The van der Waals surface area contributed by atoms with Gasteiger partial charge in [-0.1, -0.05) is 12.8 Å². The molecule has 0 N–H and O–H groups in total. The van der Waals surface area contributed by atoms with Crippen LogP contribution in [0.25, 0.3) is 0 Å². The molecule has 4 nitrogen and oxygen atoms in total. The van der Waals surface area contributed by atoms with E-state index in [4.69, 9.17) is 4.74 Å². The summed E-state index contributed by atoms with van der Waals surface area (Å²) in [5.41, 5.74) is 0.509. The molecule has 108 valence electrons. The molecule has 0 atom stereocenters. The summed E-state index contributed by atoms with van der Waals surface area (Å²) in [6, 6.07) is 0. The zero-order valence-electron chi connectivity index (χ0n) is 11.9.